The quantitative estimate of drug-likeness (QED) is 0.125. The molecule has 5 aromatic rings. The molecule has 19 heteroatoms. The number of carbonyl (C=O) groups is 1. The molecular weight excluding hydrogens is 899 g/mol. The van der Waals surface area contributed by atoms with E-state index in [0.717, 1.165) is 77.9 Å². The van der Waals surface area contributed by atoms with Crippen molar-refractivity contribution in [2.45, 2.75) is 88.8 Å². The average Bonchev–Trinajstić information content (AvgIpc) is 4.12. The summed E-state index contributed by atoms with van der Waals surface area (Å²) in [4.78, 5) is 41.6. The minimum Gasteiger partial charge on any atom is -0.480 e. The molecule has 68 heavy (non-hydrogen) atoms. The monoisotopic (exact) mass is 957 g/mol. The van der Waals surface area contributed by atoms with Crippen LogP contribution in [-0.4, -0.2) is 111 Å². The van der Waals surface area contributed by atoms with Gasteiger partial charge in [-0.1, -0.05) is 18.5 Å². The topological polar surface area (TPSA) is 158 Å². The van der Waals surface area contributed by atoms with Crippen molar-refractivity contribution in [2.75, 3.05) is 72.9 Å². The summed E-state index contributed by atoms with van der Waals surface area (Å²) in [5.74, 6) is -2.39. The van der Waals surface area contributed by atoms with Crippen LogP contribution in [-0.2, 0) is 18.9 Å². The number of rotatable bonds is 8. The SMILES string of the molecule is C[C@H]1CN(c2ccc3c(C4CCC(=O)NC4O)nn(C)c3c2F)CC[C@H]1CN1CCC2(CC1)CCN(c1ncc(Cl)c(Nc3ccc4c(c3)c3c(c(=O)n4C)OCC(F)(F)[C@H](C4CC4)N3)n1)CC2. The number of fused-ring (bicyclic) bond motifs is 4. The Morgan fingerprint density at radius 2 is 1.72 bits per heavy atom. The van der Waals surface area contributed by atoms with Gasteiger partial charge < -0.3 is 45.1 Å². The van der Waals surface area contributed by atoms with Crippen molar-refractivity contribution < 1.29 is 27.8 Å². The number of hydrogen-bond acceptors (Lipinski definition) is 12. The third-order valence-electron chi connectivity index (χ3n) is 16.2. The predicted molar refractivity (Wildman–Crippen MR) is 256 cm³/mol. The van der Waals surface area contributed by atoms with E-state index in [-0.39, 0.29) is 40.4 Å². The Hall–Kier alpha value is -5.33. The fourth-order valence-electron chi connectivity index (χ4n) is 11.9. The Labute approximate surface area is 397 Å². The summed E-state index contributed by atoms with van der Waals surface area (Å²) in [5, 5.41) is 25.8. The molecule has 1 amide bonds. The molecule has 11 rings (SSSR count). The summed E-state index contributed by atoms with van der Waals surface area (Å²) >= 11 is 6.68. The average molecular weight is 959 g/mol. The number of alkyl halides is 2. The lowest BCUT2D eigenvalue weighted by Crippen LogP contribution is -2.49. The summed E-state index contributed by atoms with van der Waals surface area (Å²) in [6.45, 7) is 7.78. The normalized spacial score (nSPS) is 26.3. The first-order valence-corrected chi connectivity index (χ1v) is 24.6. The maximum Gasteiger partial charge on any atom is 0.301 e. The summed E-state index contributed by atoms with van der Waals surface area (Å²) in [5.41, 5.74) is 2.89. The van der Waals surface area contributed by atoms with Crippen LogP contribution in [0.4, 0.5) is 42.0 Å². The highest BCUT2D eigenvalue weighted by Gasteiger charge is 2.51. The number of carbonyl (C=O) groups excluding carboxylic acids is 1. The smallest absolute Gasteiger partial charge is 0.301 e. The molecule has 15 nitrogen and oxygen atoms in total. The Morgan fingerprint density at radius 3 is 2.46 bits per heavy atom. The second kappa shape index (κ2) is 17.3. The van der Waals surface area contributed by atoms with Crippen LogP contribution < -0.4 is 36.0 Å². The first-order valence-electron chi connectivity index (χ1n) is 24.2. The molecule has 0 bridgehead atoms. The highest BCUT2D eigenvalue weighted by Crippen LogP contribution is 2.47. The molecule has 2 unspecified atom stereocenters. The number of amides is 1. The Morgan fingerprint density at radius 1 is 0.956 bits per heavy atom. The molecule has 1 saturated carbocycles. The highest BCUT2D eigenvalue weighted by atomic mass is 35.5. The molecule has 362 valence electrons. The van der Waals surface area contributed by atoms with E-state index in [1.54, 1.807) is 31.0 Å². The van der Waals surface area contributed by atoms with Crippen molar-refractivity contribution in [2.24, 2.45) is 37.3 Å². The van der Waals surface area contributed by atoms with E-state index < -0.39 is 30.4 Å². The van der Waals surface area contributed by atoms with E-state index in [1.807, 2.05) is 24.3 Å². The third-order valence-corrected chi connectivity index (χ3v) is 16.5. The minimum atomic E-state index is -3.13. The number of piperidine rings is 4. The second-order valence-electron chi connectivity index (χ2n) is 20.5. The molecule has 5 fully saturated rings. The van der Waals surface area contributed by atoms with Gasteiger partial charge in [0, 0.05) is 75.6 Å². The van der Waals surface area contributed by atoms with Gasteiger partial charge in [0.1, 0.15) is 16.8 Å². The summed E-state index contributed by atoms with van der Waals surface area (Å²) in [6, 6.07) is 8.05. The molecule has 8 heterocycles. The largest absolute Gasteiger partial charge is 0.480 e. The van der Waals surface area contributed by atoms with Crippen molar-refractivity contribution in [3.8, 4) is 5.75 Å². The predicted octanol–water partition coefficient (Wildman–Crippen LogP) is 7.13. The van der Waals surface area contributed by atoms with Gasteiger partial charge in [0.25, 0.3) is 5.56 Å². The third kappa shape index (κ3) is 8.16. The number of nitrogens with one attached hydrogen (secondary N) is 3. The summed E-state index contributed by atoms with van der Waals surface area (Å²) in [7, 11) is 3.34. The number of ether oxygens (including phenoxy) is 1. The standard InChI is InChI=1S/C49H59ClF3N11O4/c1-27-24-64(36-10-7-31-39(59-61(3)41(31)38(36)51)32-8-11-37(65)56-45(32)66)17-12-29(27)25-62-18-13-48(14-19-62)15-20-63(21-16-48)47-54-23-34(50)44(58-47)55-30-6-9-35-33(22-30)40-42(46(67)60(35)2)68-26-49(52,53)43(57-40)28-4-5-28/h6-7,9-10,22-23,27-29,32,43,45,57,66H,4-5,8,11-21,24-26H2,1-3H3,(H,56,65)(H,54,55,58)/t27-,29-,32?,43-,45?/m0/s1. The molecule has 6 aliphatic rings. The van der Waals surface area contributed by atoms with Gasteiger partial charge in [-0.25, -0.2) is 18.2 Å². The minimum absolute atomic E-state index is 0.106. The lowest BCUT2D eigenvalue weighted by Gasteiger charge is -2.48. The fourth-order valence-corrected chi connectivity index (χ4v) is 12.0. The molecule has 1 aliphatic carbocycles. The van der Waals surface area contributed by atoms with Crippen molar-refractivity contribution in [1.29, 1.82) is 0 Å². The van der Waals surface area contributed by atoms with Crippen LogP contribution in [0, 0.1) is 29.0 Å². The molecule has 0 radical (unpaired) electrons. The van der Waals surface area contributed by atoms with Crippen LogP contribution in [0.15, 0.2) is 41.3 Å². The number of aliphatic hydroxyl groups is 1. The lowest BCUT2D eigenvalue weighted by molar-refractivity contribution is -0.127. The van der Waals surface area contributed by atoms with Crippen LogP contribution in [0.1, 0.15) is 76.3 Å². The number of aliphatic hydroxyl groups excluding tert-OH is 1. The molecule has 2 aromatic carbocycles. The number of pyridine rings is 1. The number of aromatic nitrogens is 5. The van der Waals surface area contributed by atoms with Gasteiger partial charge in [-0.3, -0.25) is 14.3 Å². The van der Waals surface area contributed by atoms with Crippen molar-refractivity contribution in [1.82, 2.24) is 34.5 Å². The van der Waals surface area contributed by atoms with E-state index in [0.29, 0.717) is 93.2 Å². The van der Waals surface area contributed by atoms with Crippen LogP contribution in [0.5, 0.6) is 5.75 Å². The first-order chi connectivity index (χ1) is 32.6. The first kappa shape index (κ1) is 45.1. The maximum atomic E-state index is 16.3. The van der Waals surface area contributed by atoms with Gasteiger partial charge in [0.15, 0.2) is 18.2 Å². The fraction of sp³-hybridized carbons (Fsp3) is 0.571. The van der Waals surface area contributed by atoms with Gasteiger partial charge in [-0.2, -0.15) is 10.1 Å². The number of likely N-dealkylation sites (tertiary alicyclic amines) is 1. The molecule has 4 N–H and O–H groups in total. The summed E-state index contributed by atoms with van der Waals surface area (Å²) < 4.78 is 55.3. The second-order valence-corrected chi connectivity index (χ2v) is 20.9. The zero-order valence-electron chi connectivity index (χ0n) is 38.7. The Kier molecular flexibility index (Phi) is 11.5. The van der Waals surface area contributed by atoms with Gasteiger partial charge >= 0.3 is 5.92 Å². The van der Waals surface area contributed by atoms with Gasteiger partial charge in [0.05, 0.1) is 34.8 Å². The highest BCUT2D eigenvalue weighted by molar-refractivity contribution is 6.33. The van der Waals surface area contributed by atoms with Gasteiger partial charge in [0.2, 0.25) is 17.6 Å². The van der Waals surface area contributed by atoms with Crippen LogP contribution in [0.3, 0.4) is 0 Å². The van der Waals surface area contributed by atoms with Crippen LogP contribution >= 0.6 is 11.6 Å². The van der Waals surface area contributed by atoms with Crippen molar-refractivity contribution in [3.63, 3.8) is 0 Å². The number of nitrogens with zero attached hydrogens (tertiary/aromatic N) is 8. The van der Waals surface area contributed by atoms with Gasteiger partial charge in [-0.15, -0.1) is 0 Å². The van der Waals surface area contributed by atoms with Crippen molar-refractivity contribution in [3.05, 3.63) is 63.4 Å². The number of hydrogen-bond donors (Lipinski definition) is 4. The van der Waals surface area contributed by atoms with E-state index in [2.05, 4.69) is 47.7 Å². The maximum absolute atomic E-state index is 16.3. The van der Waals surface area contributed by atoms with E-state index in [4.69, 9.17) is 21.3 Å². The molecule has 1 spiro atoms. The van der Waals surface area contributed by atoms with E-state index in [1.165, 1.54) is 4.57 Å². The van der Waals surface area contributed by atoms with E-state index >= 15 is 13.2 Å². The summed E-state index contributed by atoms with van der Waals surface area (Å²) in [6.07, 6.45) is 8.06. The molecule has 5 atom stereocenters. The zero-order chi connectivity index (χ0) is 47.2. The van der Waals surface area contributed by atoms with Crippen LogP contribution in [0.2, 0.25) is 5.02 Å². The Balaban J connectivity index is 0.699. The molecule has 5 aliphatic heterocycles. The lowest BCUT2D eigenvalue weighted by atomic mass is 9.71. The number of anilines is 5. The van der Waals surface area contributed by atoms with Crippen molar-refractivity contribution >= 4 is 68.1 Å². The molecule has 3 aromatic heterocycles. The van der Waals surface area contributed by atoms with E-state index in [9.17, 15) is 14.7 Å². The van der Waals surface area contributed by atoms with Gasteiger partial charge in [-0.05, 0) is 118 Å². The number of benzene rings is 2. The number of aryl methyl sites for hydroxylation is 2. The zero-order valence-corrected chi connectivity index (χ0v) is 39.5. The number of halogens is 4. The Bertz CT molecular complexity index is 2840. The van der Waals surface area contributed by atoms with Crippen LogP contribution in [0.25, 0.3) is 21.8 Å². The molecular formula is C49H59ClF3N11O4. The molecule has 4 saturated heterocycles.